The van der Waals surface area contributed by atoms with Gasteiger partial charge >= 0.3 is 11.9 Å². The zero-order chi connectivity index (χ0) is 15.1. The molecule has 1 aromatic rings. The molecule has 5 heteroatoms. The van der Waals surface area contributed by atoms with Gasteiger partial charge in [0.05, 0.1) is 11.1 Å². The summed E-state index contributed by atoms with van der Waals surface area (Å²) in [7, 11) is 0. The lowest BCUT2D eigenvalue weighted by Crippen LogP contribution is -2.24. The van der Waals surface area contributed by atoms with Gasteiger partial charge in [0.2, 0.25) is 0 Å². The monoisotopic (exact) mass is 279 g/mol. The minimum atomic E-state index is -1.20. The van der Waals surface area contributed by atoms with Crippen molar-refractivity contribution in [3.8, 4) is 0 Å². The Kier molecular flexibility index (Phi) is 6.18. The summed E-state index contributed by atoms with van der Waals surface area (Å²) in [6.07, 6.45) is 1.38. The second-order valence-corrected chi connectivity index (χ2v) is 4.58. The molecule has 0 aromatic heterocycles. The van der Waals surface area contributed by atoms with Gasteiger partial charge in [0, 0.05) is 0 Å². The van der Waals surface area contributed by atoms with Crippen LogP contribution in [-0.2, 0) is 6.42 Å². The van der Waals surface area contributed by atoms with Crippen LogP contribution in [0.15, 0.2) is 18.2 Å². The van der Waals surface area contributed by atoms with E-state index < -0.39 is 11.9 Å². The highest BCUT2D eigenvalue weighted by Crippen LogP contribution is 2.17. The van der Waals surface area contributed by atoms with Crippen molar-refractivity contribution in [2.45, 2.75) is 26.7 Å². The van der Waals surface area contributed by atoms with Crippen molar-refractivity contribution in [3.05, 3.63) is 34.9 Å². The highest BCUT2D eigenvalue weighted by atomic mass is 16.4. The molecular weight excluding hydrogens is 258 g/mol. The standard InChI is InChI=1S/C15H21NO4/c1-3-16(4-2)10-6-8-11-7-5-9-12(14(17)18)13(11)15(19)20/h5,7,9H,3-4,6,8,10H2,1-2H3,(H,17,18)(H,19,20). The summed E-state index contributed by atoms with van der Waals surface area (Å²) in [6.45, 7) is 6.95. The van der Waals surface area contributed by atoms with Gasteiger partial charge in [-0.25, -0.2) is 9.59 Å². The van der Waals surface area contributed by atoms with E-state index in [1.807, 2.05) is 0 Å². The number of hydrogen-bond donors (Lipinski definition) is 2. The fraction of sp³-hybridized carbons (Fsp3) is 0.467. The smallest absolute Gasteiger partial charge is 0.336 e. The van der Waals surface area contributed by atoms with E-state index in [1.165, 1.54) is 6.07 Å². The van der Waals surface area contributed by atoms with E-state index in [1.54, 1.807) is 12.1 Å². The van der Waals surface area contributed by atoms with E-state index >= 15 is 0 Å². The van der Waals surface area contributed by atoms with Gasteiger partial charge in [-0.1, -0.05) is 26.0 Å². The van der Waals surface area contributed by atoms with Crippen molar-refractivity contribution in [2.24, 2.45) is 0 Å². The van der Waals surface area contributed by atoms with Crippen LogP contribution in [0.1, 0.15) is 46.5 Å². The van der Waals surface area contributed by atoms with Crippen LogP contribution >= 0.6 is 0 Å². The molecule has 2 N–H and O–H groups in total. The number of carboxylic acids is 2. The average Bonchev–Trinajstić information content (AvgIpc) is 2.43. The van der Waals surface area contributed by atoms with Gasteiger partial charge in [-0.15, -0.1) is 0 Å². The van der Waals surface area contributed by atoms with Gasteiger partial charge in [-0.05, 0) is 44.1 Å². The molecule has 5 nitrogen and oxygen atoms in total. The number of carbonyl (C=O) groups is 2. The molecule has 1 aromatic carbocycles. The Labute approximate surface area is 118 Å². The Hall–Kier alpha value is -1.88. The third kappa shape index (κ3) is 4.06. The van der Waals surface area contributed by atoms with Crippen LogP contribution in [-0.4, -0.2) is 46.7 Å². The first-order chi connectivity index (χ1) is 9.51. The van der Waals surface area contributed by atoms with Crippen molar-refractivity contribution in [1.82, 2.24) is 4.90 Å². The maximum Gasteiger partial charge on any atom is 0.336 e. The Bertz CT molecular complexity index is 481. The van der Waals surface area contributed by atoms with Crippen LogP contribution < -0.4 is 0 Å². The quantitative estimate of drug-likeness (QED) is 0.763. The van der Waals surface area contributed by atoms with Gasteiger partial charge in [-0.3, -0.25) is 0 Å². The fourth-order valence-electron chi connectivity index (χ4n) is 2.27. The third-order valence-electron chi connectivity index (χ3n) is 3.41. The Morgan fingerprint density at radius 3 is 2.25 bits per heavy atom. The molecule has 1 rings (SSSR count). The molecule has 20 heavy (non-hydrogen) atoms. The summed E-state index contributed by atoms with van der Waals surface area (Å²) >= 11 is 0. The highest BCUT2D eigenvalue weighted by Gasteiger charge is 2.19. The number of rotatable bonds is 8. The van der Waals surface area contributed by atoms with E-state index in [-0.39, 0.29) is 11.1 Å². The predicted octanol–water partition coefficient (Wildman–Crippen LogP) is 2.36. The van der Waals surface area contributed by atoms with E-state index in [9.17, 15) is 14.7 Å². The first-order valence-corrected chi connectivity index (χ1v) is 6.82. The molecule has 0 bridgehead atoms. The van der Waals surface area contributed by atoms with Gasteiger partial charge in [-0.2, -0.15) is 0 Å². The normalized spacial score (nSPS) is 10.8. The third-order valence-corrected chi connectivity index (χ3v) is 3.41. The minimum absolute atomic E-state index is 0.0838. The fourth-order valence-corrected chi connectivity index (χ4v) is 2.27. The summed E-state index contributed by atoms with van der Waals surface area (Å²) < 4.78 is 0. The van der Waals surface area contributed by atoms with Crippen LogP contribution in [0.4, 0.5) is 0 Å². The lowest BCUT2D eigenvalue weighted by molar-refractivity contribution is 0.0650. The Balaban J connectivity index is 2.87. The summed E-state index contributed by atoms with van der Waals surface area (Å²) in [4.78, 5) is 24.6. The van der Waals surface area contributed by atoms with Gasteiger partial charge in [0.1, 0.15) is 0 Å². The van der Waals surface area contributed by atoms with Crippen LogP contribution in [0, 0.1) is 0 Å². The summed E-state index contributed by atoms with van der Waals surface area (Å²) in [5.74, 6) is -2.38. The highest BCUT2D eigenvalue weighted by molar-refractivity contribution is 6.02. The van der Waals surface area contributed by atoms with Crippen molar-refractivity contribution >= 4 is 11.9 Å². The number of benzene rings is 1. The molecule has 0 atom stereocenters. The first kappa shape index (κ1) is 16.2. The molecule has 0 saturated carbocycles. The van der Waals surface area contributed by atoms with Crippen LogP contribution in [0.2, 0.25) is 0 Å². The Morgan fingerprint density at radius 2 is 1.75 bits per heavy atom. The number of aromatic carboxylic acids is 2. The van der Waals surface area contributed by atoms with E-state index in [0.717, 1.165) is 26.1 Å². The zero-order valence-electron chi connectivity index (χ0n) is 11.9. The molecule has 0 aliphatic rings. The second kappa shape index (κ2) is 7.65. The SMILES string of the molecule is CCN(CC)CCCc1cccc(C(=O)O)c1C(=O)O. The van der Waals surface area contributed by atoms with Crippen molar-refractivity contribution in [2.75, 3.05) is 19.6 Å². The summed E-state index contributed by atoms with van der Waals surface area (Å²) in [5.41, 5.74) is 0.363. The average molecular weight is 279 g/mol. The summed E-state index contributed by atoms with van der Waals surface area (Å²) in [5, 5.41) is 18.3. The molecule has 0 unspecified atom stereocenters. The predicted molar refractivity (Wildman–Crippen MR) is 76.5 cm³/mol. The number of aryl methyl sites for hydroxylation is 1. The molecule has 0 heterocycles. The molecule has 0 spiro atoms. The lowest BCUT2D eigenvalue weighted by Gasteiger charge is -2.18. The van der Waals surface area contributed by atoms with Gasteiger partial charge < -0.3 is 15.1 Å². The van der Waals surface area contributed by atoms with Crippen LogP contribution in [0.25, 0.3) is 0 Å². The van der Waals surface area contributed by atoms with Crippen molar-refractivity contribution < 1.29 is 19.8 Å². The number of carboxylic acid groups (broad SMARTS) is 2. The van der Waals surface area contributed by atoms with Gasteiger partial charge in [0.25, 0.3) is 0 Å². The first-order valence-electron chi connectivity index (χ1n) is 6.82. The molecule has 0 aliphatic heterocycles. The van der Waals surface area contributed by atoms with Crippen molar-refractivity contribution in [1.29, 1.82) is 0 Å². The molecule has 0 saturated heterocycles. The number of hydrogen-bond acceptors (Lipinski definition) is 3. The molecule has 0 radical (unpaired) electrons. The lowest BCUT2D eigenvalue weighted by atomic mass is 9.97. The number of nitrogens with zero attached hydrogens (tertiary/aromatic N) is 1. The minimum Gasteiger partial charge on any atom is -0.478 e. The maximum atomic E-state index is 11.3. The van der Waals surface area contributed by atoms with Crippen molar-refractivity contribution in [3.63, 3.8) is 0 Å². The second-order valence-electron chi connectivity index (χ2n) is 4.58. The molecule has 110 valence electrons. The maximum absolute atomic E-state index is 11.3. The topological polar surface area (TPSA) is 77.8 Å². The molecule has 0 amide bonds. The zero-order valence-corrected chi connectivity index (χ0v) is 11.9. The van der Waals surface area contributed by atoms with E-state index in [4.69, 9.17) is 5.11 Å². The Morgan fingerprint density at radius 1 is 1.10 bits per heavy atom. The molecule has 0 fully saturated rings. The van der Waals surface area contributed by atoms with Gasteiger partial charge in [0.15, 0.2) is 0 Å². The van der Waals surface area contributed by atoms with Crippen LogP contribution in [0.5, 0.6) is 0 Å². The summed E-state index contributed by atoms with van der Waals surface area (Å²) in [6, 6.07) is 4.63. The molecular formula is C15H21NO4. The largest absolute Gasteiger partial charge is 0.478 e. The van der Waals surface area contributed by atoms with E-state index in [2.05, 4.69) is 18.7 Å². The van der Waals surface area contributed by atoms with Crippen LogP contribution in [0.3, 0.4) is 0 Å². The van der Waals surface area contributed by atoms with E-state index in [0.29, 0.717) is 12.0 Å². The molecule has 0 aliphatic carbocycles.